The maximum Gasteiger partial charge on any atom is 0.144 e. The lowest BCUT2D eigenvalue weighted by atomic mass is 10.0. The molecule has 0 spiro atoms. The molecule has 26 heavy (non-hydrogen) atoms. The average molecular weight is 433 g/mol. The van der Waals surface area contributed by atoms with Crippen LogP contribution in [0.5, 0.6) is 5.75 Å². The highest BCUT2D eigenvalue weighted by Gasteiger charge is 2.23. The van der Waals surface area contributed by atoms with Crippen molar-refractivity contribution in [1.82, 2.24) is 9.78 Å². The van der Waals surface area contributed by atoms with Crippen LogP contribution in [0, 0.1) is 0 Å². The number of rotatable bonds is 3. The van der Waals surface area contributed by atoms with Crippen molar-refractivity contribution in [3.8, 4) is 22.7 Å². The number of nitrogens with zero attached hydrogens (tertiary/aromatic N) is 2. The zero-order valence-corrected chi connectivity index (χ0v) is 16.8. The molecule has 1 N–H and O–H groups in total. The van der Waals surface area contributed by atoms with Gasteiger partial charge in [-0.25, -0.2) is 4.68 Å². The van der Waals surface area contributed by atoms with E-state index >= 15 is 0 Å². The highest BCUT2D eigenvalue weighted by molar-refractivity contribution is 9.10. The molecule has 1 aliphatic heterocycles. The summed E-state index contributed by atoms with van der Waals surface area (Å²) >= 11 is 9.76. The number of nitrogens with one attached hydrogen (secondary N) is 1. The van der Waals surface area contributed by atoms with Crippen molar-refractivity contribution in [1.29, 1.82) is 0 Å². The Morgan fingerprint density at radius 1 is 1.15 bits per heavy atom. The Morgan fingerprint density at radius 2 is 1.96 bits per heavy atom. The number of hydrogen-bond donors (Lipinski definition) is 1. The predicted octanol–water partition coefficient (Wildman–Crippen LogP) is 5.71. The van der Waals surface area contributed by atoms with Crippen LogP contribution >= 0.6 is 27.5 Å². The Hall–Kier alpha value is -1.98. The third-order valence-corrected chi connectivity index (χ3v) is 5.38. The van der Waals surface area contributed by atoms with Crippen LogP contribution in [0.25, 0.3) is 16.9 Å². The van der Waals surface area contributed by atoms with Gasteiger partial charge in [-0.2, -0.15) is 5.10 Å². The summed E-state index contributed by atoms with van der Waals surface area (Å²) < 4.78 is 8.54. The molecule has 2 heterocycles. The highest BCUT2D eigenvalue weighted by Crippen LogP contribution is 2.37. The molecule has 134 valence electrons. The summed E-state index contributed by atoms with van der Waals surface area (Å²) in [6, 6.07) is 13.9. The number of aromatic nitrogens is 2. The fourth-order valence-corrected chi connectivity index (χ4v) is 3.78. The second-order valence-electron chi connectivity index (χ2n) is 6.29. The van der Waals surface area contributed by atoms with E-state index in [0.29, 0.717) is 5.02 Å². The highest BCUT2D eigenvalue weighted by atomic mass is 79.9. The quantitative estimate of drug-likeness (QED) is 0.576. The number of hydrogen-bond acceptors (Lipinski definition) is 3. The van der Waals surface area contributed by atoms with Crippen LogP contribution in [0.3, 0.4) is 0 Å². The fourth-order valence-electron chi connectivity index (χ4n) is 3.34. The number of ether oxygens (including phenoxy) is 1. The normalized spacial score (nSPS) is 13.7. The van der Waals surface area contributed by atoms with E-state index < -0.39 is 0 Å². The predicted molar refractivity (Wildman–Crippen MR) is 110 cm³/mol. The molecule has 0 aliphatic carbocycles. The molecule has 0 saturated heterocycles. The molecule has 2 aromatic carbocycles. The summed E-state index contributed by atoms with van der Waals surface area (Å²) in [5.41, 5.74) is 4.19. The topological polar surface area (TPSA) is 39.1 Å². The van der Waals surface area contributed by atoms with Gasteiger partial charge in [0.15, 0.2) is 0 Å². The SMILES string of the molecule is COc1ccc(Cl)cc1-n1nc(-c2ccc(Br)cc2)c2c1NCCCC2. The molecule has 6 heteroatoms. The molecule has 3 aromatic rings. The Balaban J connectivity index is 1.93. The molecular formula is C20H19BrClN3O. The van der Waals surface area contributed by atoms with E-state index in [9.17, 15) is 0 Å². The van der Waals surface area contributed by atoms with Crippen molar-refractivity contribution in [3.05, 3.63) is 57.5 Å². The molecule has 0 atom stereocenters. The zero-order chi connectivity index (χ0) is 18.1. The maximum absolute atomic E-state index is 6.26. The standard InChI is InChI=1S/C20H19BrClN3O/c1-26-18-10-9-15(22)12-17(18)25-20-16(4-2-3-11-23-20)19(24-25)13-5-7-14(21)8-6-13/h5-10,12,23H,2-4,11H2,1H3. The number of halogens is 2. The van der Waals surface area contributed by atoms with Crippen LogP contribution in [-0.2, 0) is 6.42 Å². The Labute approximate surface area is 166 Å². The van der Waals surface area contributed by atoms with Gasteiger partial charge in [0.1, 0.15) is 17.3 Å². The monoisotopic (exact) mass is 431 g/mol. The minimum Gasteiger partial charge on any atom is -0.494 e. The Morgan fingerprint density at radius 3 is 2.73 bits per heavy atom. The van der Waals surface area contributed by atoms with E-state index in [4.69, 9.17) is 21.4 Å². The molecule has 0 saturated carbocycles. The molecule has 4 rings (SSSR count). The molecule has 1 aliphatic rings. The van der Waals surface area contributed by atoms with Crippen molar-refractivity contribution in [2.24, 2.45) is 0 Å². The van der Waals surface area contributed by atoms with E-state index in [2.05, 4.69) is 33.4 Å². The summed E-state index contributed by atoms with van der Waals surface area (Å²) in [4.78, 5) is 0. The van der Waals surface area contributed by atoms with Gasteiger partial charge in [0.2, 0.25) is 0 Å². The van der Waals surface area contributed by atoms with Gasteiger partial charge in [-0.3, -0.25) is 0 Å². The molecule has 0 amide bonds. The number of methoxy groups -OCH3 is 1. The first-order valence-corrected chi connectivity index (χ1v) is 9.80. The van der Waals surface area contributed by atoms with Gasteiger partial charge in [0.25, 0.3) is 0 Å². The number of anilines is 1. The average Bonchev–Trinajstić information content (AvgIpc) is 2.84. The Kier molecular flexibility index (Phi) is 4.92. The van der Waals surface area contributed by atoms with E-state index in [-0.39, 0.29) is 0 Å². The smallest absolute Gasteiger partial charge is 0.144 e. The third kappa shape index (κ3) is 3.21. The number of benzene rings is 2. The van der Waals surface area contributed by atoms with E-state index in [1.165, 1.54) is 5.56 Å². The molecule has 0 bridgehead atoms. The molecule has 0 unspecified atom stereocenters. The van der Waals surface area contributed by atoms with Crippen LogP contribution in [0.15, 0.2) is 46.9 Å². The van der Waals surface area contributed by atoms with Gasteiger partial charge in [-0.1, -0.05) is 39.7 Å². The molecule has 1 aromatic heterocycles. The first-order chi connectivity index (χ1) is 12.7. The first kappa shape index (κ1) is 17.4. The second-order valence-corrected chi connectivity index (χ2v) is 7.65. The lowest BCUT2D eigenvalue weighted by Gasteiger charge is -2.13. The first-order valence-electron chi connectivity index (χ1n) is 8.63. The van der Waals surface area contributed by atoms with Crippen LogP contribution in [0.2, 0.25) is 5.02 Å². The summed E-state index contributed by atoms with van der Waals surface area (Å²) in [6.07, 6.45) is 3.28. The summed E-state index contributed by atoms with van der Waals surface area (Å²) in [5, 5.41) is 9.17. The Bertz CT molecular complexity index is 937. The van der Waals surface area contributed by atoms with Crippen LogP contribution < -0.4 is 10.1 Å². The molecule has 0 radical (unpaired) electrons. The van der Waals surface area contributed by atoms with E-state index in [1.54, 1.807) is 7.11 Å². The van der Waals surface area contributed by atoms with E-state index in [0.717, 1.165) is 58.8 Å². The fraction of sp³-hybridized carbons (Fsp3) is 0.250. The molecule has 4 nitrogen and oxygen atoms in total. The van der Waals surface area contributed by atoms with E-state index in [1.807, 2.05) is 35.0 Å². The molecule has 0 fully saturated rings. The van der Waals surface area contributed by atoms with Crippen molar-refractivity contribution >= 4 is 33.3 Å². The lowest BCUT2D eigenvalue weighted by Crippen LogP contribution is -2.08. The van der Waals surface area contributed by atoms with Gasteiger partial charge in [-0.15, -0.1) is 0 Å². The minimum atomic E-state index is 0.656. The number of fused-ring (bicyclic) bond motifs is 1. The minimum absolute atomic E-state index is 0.656. The van der Waals surface area contributed by atoms with Crippen molar-refractivity contribution in [3.63, 3.8) is 0 Å². The maximum atomic E-state index is 6.26. The van der Waals surface area contributed by atoms with Crippen LogP contribution in [0.1, 0.15) is 18.4 Å². The van der Waals surface area contributed by atoms with Crippen molar-refractivity contribution in [2.45, 2.75) is 19.3 Å². The van der Waals surface area contributed by atoms with Gasteiger partial charge in [-0.05, 0) is 49.6 Å². The molecular weight excluding hydrogens is 414 g/mol. The van der Waals surface area contributed by atoms with Crippen LogP contribution in [-0.4, -0.2) is 23.4 Å². The van der Waals surface area contributed by atoms with Gasteiger partial charge < -0.3 is 10.1 Å². The van der Waals surface area contributed by atoms with Crippen LogP contribution in [0.4, 0.5) is 5.82 Å². The third-order valence-electron chi connectivity index (χ3n) is 4.62. The summed E-state index contributed by atoms with van der Waals surface area (Å²) in [5.74, 6) is 1.77. The summed E-state index contributed by atoms with van der Waals surface area (Å²) in [6.45, 7) is 0.932. The van der Waals surface area contributed by atoms with Gasteiger partial charge >= 0.3 is 0 Å². The van der Waals surface area contributed by atoms with Gasteiger partial charge in [0.05, 0.1) is 12.8 Å². The second kappa shape index (κ2) is 7.33. The largest absolute Gasteiger partial charge is 0.494 e. The van der Waals surface area contributed by atoms with Crippen molar-refractivity contribution in [2.75, 3.05) is 19.0 Å². The van der Waals surface area contributed by atoms with Crippen molar-refractivity contribution < 1.29 is 4.74 Å². The summed E-state index contributed by atoms with van der Waals surface area (Å²) in [7, 11) is 1.66. The zero-order valence-electron chi connectivity index (χ0n) is 14.4. The van der Waals surface area contributed by atoms with Gasteiger partial charge in [0, 0.05) is 27.2 Å². The lowest BCUT2D eigenvalue weighted by molar-refractivity contribution is 0.412.